The number of nitrogens with two attached hydrogens (primary N) is 1. The lowest BCUT2D eigenvalue weighted by Gasteiger charge is -2.13. The number of benzene rings is 1. The topological polar surface area (TPSA) is 75.9 Å². The van der Waals surface area contributed by atoms with Crippen molar-refractivity contribution in [3.05, 3.63) is 38.5 Å². The van der Waals surface area contributed by atoms with Crippen molar-refractivity contribution in [2.24, 2.45) is 5.84 Å². The third-order valence-electron chi connectivity index (χ3n) is 2.71. The Kier molecular flexibility index (Phi) is 5.27. The van der Waals surface area contributed by atoms with E-state index < -0.39 is 0 Å². The largest absolute Gasteiger partial charge is 0.339 e. The molecular formula is C13H14BrCl2N5. The molecule has 0 unspecified atom stereocenters. The minimum absolute atomic E-state index is 0.169. The molecule has 2 aromatic rings. The van der Waals surface area contributed by atoms with Crippen LogP contribution in [0.1, 0.15) is 25.6 Å². The van der Waals surface area contributed by atoms with Gasteiger partial charge in [0, 0.05) is 16.5 Å². The van der Waals surface area contributed by atoms with Crippen LogP contribution in [0.25, 0.3) is 0 Å². The van der Waals surface area contributed by atoms with Crippen molar-refractivity contribution in [3.63, 3.8) is 0 Å². The Morgan fingerprint density at radius 1 is 1.14 bits per heavy atom. The molecule has 0 aliphatic heterocycles. The van der Waals surface area contributed by atoms with Gasteiger partial charge in [0.15, 0.2) is 0 Å². The predicted octanol–water partition coefficient (Wildman–Crippen LogP) is 4.70. The summed E-state index contributed by atoms with van der Waals surface area (Å²) in [4.78, 5) is 8.73. The van der Waals surface area contributed by atoms with Gasteiger partial charge in [-0.3, -0.25) is 0 Å². The average molecular weight is 391 g/mol. The summed E-state index contributed by atoms with van der Waals surface area (Å²) < 4.78 is 0.731. The Bertz CT molecular complexity index is 663. The number of nitrogen functional groups attached to an aromatic ring is 1. The monoisotopic (exact) mass is 389 g/mol. The number of nitrogens with zero attached hydrogens (tertiary/aromatic N) is 2. The van der Waals surface area contributed by atoms with Crippen molar-refractivity contribution < 1.29 is 0 Å². The Morgan fingerprint density at radius 3 is 2.43 bits per heavy atom. The second-order valence-electron chi connectivity index (χ2n) is 4.64. The van der Waals surface area contributed by atoms with Gasteiger partial charge in [-0.05, 0) is 28.1 Å². The first-order chi connectivity index (χ1) is 9.92. The maximum atomic E-state index is 6.22. The van der Waals surface area contributed by atoms with Crippen molar-refractivity contribution in [2.45, 2.75) is 19.8 Å². The Balaban J connectivity index is 2.39. The van der Waals surface area contributed by atoms with E-state index in [-0.39, 0.29) is 5.92 Å². The van der Waals surface area contributed by atoms with E-state index in [0.29, 0.717) is 33.2 Å². The molecule has 0 fully saturated rings. The molecule has 0 atom stereocenters. The summed E-state index contributed by atoms with van der Waals surface area (Å²) in [5.74, 6) is 7.39. The second-order valence-corrected chi connectivity index (χ2v) is 6.25. The van der Waals surface area contributed by atoms with Crippen LogP contribution in [0.15, 0.2) is 22.7 Å². The number of halogens is 3. The lowest BCUT2D eigenvalue weighted by Crippen LogP contribution is -2.12. The zero-order chi connectivity index (χ0) is 15.6. The third-order valence-corrected chi connectivity index (χ3v) is 4.48. The van der Waals surface area contributed by atoms with Gasteiger partial charge in [0.1, 0.15) is 17.5 Å². The maximum absolute atomic E-state index is 6.22. The molecule has 0 amide bonds. The van der Waals surface area contributed by atoms with Crippen LogP contribution in [0.2, 0.25) is 10.0 Å². The number of anilines is 3. The average Bonchev–Trinajstić information content (AvgIpc) is 2.47. The molecule has 0 radical (unpaired) electrons. The van der Waals surface area contributed by atoms with Gasteiger partial charge in [-0.2, -0.15) is 0 Å². The van der Waals surface area contributed by atoms with E-state index in [9.17, 15) is 0 Å². The van der Waals surface area contributed by atoms with Crippen molar-refractivity contribution in [1.82, 2.24) is 9.97 Å². The number of hydrazine groups is 1. The highest BCUT2D eigenvalue weighted by Gasteiger charge is 2.12. The van der Waals surface area contributed by atoms with Crippen LogP contribution in [-0.4, -0.2) is 9.97 Å². The molecule has 2 rings (SSSR count). The van der Waals surface area contributed by atoms with E-state index >= 15 is 0 Å². The summed E-state index contributed by atoms with van der Waals surface area (Å²) in [6.45, 7) is 4.01. The smallest absolute Gasteiger partial charge is 0.145 e. The fraction of sp³-hybridized carbons (Fsp3) is 0.231. The van der Waals surface area contributed by atoms with Crippen LogP contribution in [0.5, 0.6) is 0 Å². The fourth-order valence-corrected chi connectivity index (χ4v) is 2.44. The minimum Gasteiger partial charge on any atom is -0.339 e. The van der Waals surface area contributed by atoms with Gasteiger partial charge in [0.05, 0.1) is 15.7 Å². The number of nitrogens with one attached hydrogen (secondary N) is 2. The minimum atomic E-state index is 0.169. The summed E-state index contributed by atoms with van der Waals surface area (Å²) in [6.07, 6.45) is 0. The Hall–Kier alpha value is -1.08. The molecule has 21 heavy (non-hydrogen) atoms. The van der Waals surface area contributed by atoms with Crippen molar-refractivity contribution in [3.8, 4) is 0 Å². The maximum Gasteiger partial charge on any atom is 0.145 e. The third kappa shape index (κ3) is 3.77. The molecule has 0 saturated carbocycles. The normalized spacial score (nSPS) is 10.8. The second kappa shape index (κ2) is 6.79. The summed E-state index contributed by atoms with van der Waals surface area (Å²) in [5.41, 5.74) is 3.18. The molecule has 4 N–H and O–H groups in total. The first-order valence-electron chi connectivity index (χ1n) is 6.18. The molecule has 8 heteroatoms. The van der Waals surface area contributed by atoms with Gasteiger partial charge in [-0.25, -0.2) is 15.8 Å². The number of hydrogen-bond acceptors (Lipinski definition) is 5. The first kappa shape index (κ1) is 16.3. The molecule has 112 valence electrons. The van der Waals surface area contributed by atoms with Gasteiger partial charge in [0.25, 0.3) is 0 Å². The van der Waals surface area contributed by atoms with E-state index in [4.69, 9.17) is 29.0 Å². The summed E-state index contributed by atoms with van der Waals surface area (Å²) in [7, 11) is 0. The standard InChI is InChI=1S/C13H14BrCl2N5/c1-6(2)13-19-9(5-10(20-13)21-17)18-8-4-3-7(14)11(15)12(8)16/h3-6H,17H2,1-2H3,(H2,18,19,20,21). The van der Waals surface area contributed by atoms with Crippen LogP contribution in [0.3, 0.4) is 0 Å². The highest BCUT2D eigenvalue weighted by atomic mass is 79.9. The molecule has 0 saturated heterocycles. The highest BCUT2D eigenvalue weighted by molar-refractivity contribution is 9.10. The van der Waals surface area contributed by atoms with Gasteiger partial charge in [-0.15, -0.1) is 0 Å². The van der Waals surface area contributed by atoms with Crippen molar-refractivity contribution >= 4 is 56.5 Å². The molecule has 1 heterocycles. The number of aromatic nitrogens is 2. The lowest BCUT2D eigenvalue weighted by molar-refractivity contribution is 0.777. The highest BCUT2D eigenvalue weighted by Crippen LogP contribution is 2.37. The van der Waals surface area contributed by atoms with Crippen LogP contribution in [-0.2, 0) is 0 Å². The Morgan fingerprint density at radius 2 is 1.81 bits per heavy atom. The van der Waals surface area contributed by atoms with Gasteiger partial charge >= 0.3 is 0 Å². The van der Waals surface area contributed by atoms with Gasteiger partial charge in [0.2, 0.25) is 0 Å². The molecule has 1 aromatic carbocycles. The van der Waals surface area contributed by atoms with Crippen LogP contribution < -0.4 is 16.6 Å². The molecule has 0 bridgehead atoms. The molecule has 1 aromatic heterocycles. The van der Waals surface area contributed by atoms with E-state index in [1.54, 1.807) is 6.07 Å². The summed E-state index contributed by atoms with van der Waals surface area (Å²) in [5, 5.41) is 3.98. The van der Waals surface area contributed by atoms with E-state index in [1.807, 2.05) is 26.0 Å². The Labute approximate surface area is 141 Å². The zero-order valence-corrected chi connectivity index (χ0v) is 14.5. The quantitative estimate of drug-likeness (QED) is 0.400. The van der Waals surface area contributed by atoms with Crippen LogP contribution in [0.4, 0.5) is 17.3 Å². The SMILES string of the molecule is CC(C)c1nc(NN)cc(Nc2ccc(Br)c(Cl)c2Cl)n1. The number of hydrogen-bond donors (Lipinski definition) is 3. The van der Waals surface area contributed by atoms with Crippen LogP contribution in [0, 0.1) is 0 Å². The zero-order valence-electron chi connectivity index (χ0n) is 11.4. The summed E-state index contributed by atoms with van der Waals surface area (Å²) >= 11 is 15.6. The molecular weight excluding hydrogens is 377 g/mol. The first-order valence-corrected chi connectivity index (χ1v) is 7.73. The van der Waals surface area contributed by atoms with Crippen molar-refractivity contribution in [1.29, 1.82) is 0 Å². The van der Waals surface area contributed by atoms with Crippen molar-refractivity contribution in [2.75, 3.05) is 10.7 Å². The lowest BCUT2D eigenvalue weighted by atomic mass is 10.2. The van der Waals surface area contributed by atoms with E-state index in [0.717, 1.165) is 4.47 Å². The van der Waals surface area contributed by atoms with Crippen LogP contribution >= 0.6 is 39.1 Å². The number of rotatable bonds is 4. The molecule has 0 aliphatic carbocycles. The predicted molar refractivity (Wildman–Crippen MR) is 91.4 cm³/mol. The van der Waals surface area contributed by atoms with Gasteiger partial charge in [-0.1, -0.05) is 37.0 Å². The van der Waals surface area contributed by atoms with Gasteiger partial charge < -0.3 is 10.7 Å². The van der Waals surface area contributed by atoms with E-state index in [2.05, 4.69) is 36.6 Å². The molecule has 5 nitrogen and oxygen atoms in total. The van der Waals surface area contributed by atoms with E-state index in [1.165, 1.54) is 0 Å². The fourth-order valence-electron chi connectivity index (χ4n) is 1.62. The summed E-state index contributed by atoms with van der Waals surface area (Å²) in [6, 6.07) is 5.31. The molecule has 0 spiro atoms. The molecule has 0 aliphatic rings.